The Morgan fingerprint density at radius 3 is 1.45 bits per heavy atom. The van der Waals surface area contributed by atoms with Gasteiger partial charge in [0.25, 0.3) is 0 Å². The molecule has 0 bridgehead atoms. The first-order valence-electron chi connectivity index (χ1n) is 19.6. The van der Waals surface area contributed by atoms with Crippen molar-refractivity contribution in [2.24, 2.45) is 5.92 Å². The molecule has 0 amide bonds. The number of aryl methyl sites for hydroxylation is 2. The minimum atomic E-state index is -0.750. The second-order valence-corrected chi connectivity index (χ2v) is 16.3. The van der Waals surface area contributed by atoms with Gasteiger partial charge < -0.3 is 24.7 Å². The molecule has 2 heterocycles. The summed E-state index contributed by atoms with van der Waals surface area (Å²) in [7, 11) is 4.47. The van der Waals surface area contributed by atoms with Gasteiger partial charge in [-0.2, -0.15) is 0 Å². The summed E-state index contributed by atoms with van der Waals surface area (Å²) >= 11 is 0. The summed E-state index contributed by atoms with van der Waals surface area (Å²) in [6.07, 6.45) is 3.97. The summed E-state index contributed by atoms with van der Waals surface area (Å²) in [4.78, 5) is 10.2. The second kappa shape index (κ2) is 16.1. The molecule has 7 rings (SSSR count). The fourth-order valence-corrected chi connectivity index (χ4v) is 9.02. The molecule has 4 aromatic carbocycles. The molecule has 1 aliphatic carbocycles. The van der Waals surface area contributed by atoms with Gasteiger partial charge >= 0.3 is 0 Å². The van der Waals surface area contributed by atoms with Crippen molar-refractivity contribution in [2.75, 3.05) is 79.5 Å². The van der Waals surface area contributed by atoms with E-state index in [2.05, 4.69) is 145 Å². The Balaban J connectivity index is 1.17. The van der Waals surface area contributed by atoms with E-state index in [1.807, 2.05) is 0 Å². The summed E-state index contributed by atoms with van der Waals surface area (Å²) in [5.41, 5.74) is 9.58. The minimum Gasteiger partial charge on any atom is -0.389 e. The van der Waals surface area contributed by atoms with Crippen molar-refractivity contribution in [1.82, 2.24) is 19.6 Å². The van der Waals surface area contributed by atoms with Crippen LogP contribution in [-0.2, 0) is 0 Å². The van der Waals surface area contributed by atoms with E-state index < -0.39 is 5.60 Å². The van der Waals surface area contributed by atoms with Gasteiger partial charge in [-0.25, -0.2) is 0 Å². The standard InChI is InChI=1S/C46H60N4O/c1-35-7-11-37(12-8-35)39-15-19-41(20-16-39)44(33-49-28-24-47(3)25-29-49)43-6-5-23-46(51,32-43)45(34-50-30-26-48(4)27-31-50)42-21-17-40(18-22-42)38-13-9-36(2)10-14-38/h7-22,43-45,51H,5-6,23-34H2,1-4H3. The summed E-state index contributed by atoms with van der Waals surface area (Å²) < 4.78 is 0. The van der Waals surface area contributed by atoms with Crippen LogP contribution in [0.25, 0.3) is 22.3 Å². The van der Waals surface area contributed by atoms with Crippen LogP contribution in [0.1, 0.15) is 59.8 Å². The monoisotopic (exact) mass is 684 g/mol. The Morgan fingerprint density at radius 2 is 0.980 bits per heavy atom. The number of benzene rings is 4. The van der Waals surface area contributed by atoms with Crippen LogP contribution in [0.15, 0.2) is 97.1 Å². The third-order valence-corrected chi connectivity index (χ3v) is 12.5. The van der Waals surface area contributed by atoms with Crippen molar-refractivity contribution in [3.8, 4) is 22.3 Å². The average Bonchev–Trinajstić information content (AvgIpc) is 3.15. The molecule has 0 radical (unpaired) electrons. The van der Waals surface area contributed by atoms with Crippen LogP contribution in [0.2, 0.25) is 0 Å². The molecule has 0 aromatic heterocycles. The highest BCUT2D eigenvalue weighted by Crippen LogP contribution is 2.47. The molecule has 4 unspecified atom stereocenters. The molecule has 2 aliphatic heterocycles. The molecule has 270 valence electrons. The van der Waals surface area contributed by atoms with Crippen molar-refractivity contribution in [3.05, 3.63) is 119 Å². The van der Waals surface area contributed by atoms with E-state index >= 15 is 0 Å². The summed E-state index contributed by atoms with van der Waals surface area (Å²) in [6, 6.07) is 36.4. The summed E-state index contributed by atoms with van der Waals surface area (Å²) in [5.74, 6) is 0.889. The van der Waals surface area contributed by atoms with Gasteiger partial charge in [0.05, 0.1) is 5.60 Å². The average molecular weight is 685 g/mol. The molecule has 3 aliphatic rings. The Morgan fingerprint density at radius 1 is 0.569 bits per heavy atom. The smallest absolute Gasteiger partial charge is 0.0731 e. The maximum absolute atomic E-state index is 13.0. The molecule has 51 heavy (non-hydrogen) atoms. The number of hydrogen-bond acceptors (Lipinski definition) is 5. The highest BCUT2D eigenvalue weighted by Gasteiger charge is 2.45. The molecule has 2 saturated heterocycles. The fraction of sp³-hybridized carbons (Fsp3) is 0.478. The summed E-state index contributed by atoms with van der Waals surface area (Å²) in [6.45, 7) is 15.1. The van der Waals surface area contributed by atoms with Gasteiger partial charge in [-0.05, 0) is 92.4 Å². The van der Waals surface area contributed by atoms with Gasteiger partial charge in [-0.15, -0.1) is 0 Å². The van der Waals surface area contributed by atoms with Gasteiger partial charge in [-0.3, -0.25) is 0 Å². The van der Waals surface area contributed by atoms with Crippen molar-refractivity contribution < 1.29 is 5.11 Å². The topological polar surface area (TPSA) is 33.2 Å². The second-order valence-electron chi connectivity index (χ2n) is 16.3. The third-order valence-electron chi connectivity index (χ3n) is 12.5. The Hall–Kier alpha value is -3.32. The lowest BCUT2D eigenvalue weighted by Crippen LogP contribution is -2.51. The van der Waals surface area contributed by atoms with Crippen LogP contribution in [0.5, 0.6) is 0 Å². The first kappa shape index (κ1) is 36.1. The Kier molecular flexibility index (Phi) is 11.4. The zero-order valence-corrected chi connectivity index (χ0v) is 31.6. The zero-order chi connectivity index (χ0) is 35.4. The van der Waals surface area contributed by atoms with Crippen LogP contribution in [0.4, 0.5) is 0 Å². The molecule has 4 aromatic rings. The highest BCUT2D eigenvalue weighted by atomic mass is 16.3. The van der Waals surface area contributed by atoms with Crippen molar-refractivity contribution >= 4 is 0 Å². The third kappa shape index (κ3) is 8.84. The van der Waals surface area contributed by atoms with Gasteiger partial charge in [0, 0.05) is 71.4 Å². The van der Waals surface area contributed by atoms with Gasteiger partial charge in [0.2, 0.25) is 0 Å². The van der Waals surface area contributed by atoms with Gasteiger partial charge in [-0.1, -0.05) is 115 Å². The lowest BCUT2D eigenvalue weighted by atomic mass is 9.65. The van der Waals surface area contributed by atoms with E-state index in [9.17, 15) is 5.11 Å². The molecule has 5 heteroatoms. The number of hydrogen-bond donors (Lipinski definition) is 1. The first-order chi connectivity index (χ1) is 24.7. The van der Waals surface area contributed by atoms with E-state index in [-0.39, 0.29) is 5.92 Å². The molecule has 4 atom stereocenters. The molecular weight excluding hydrogens is 625 g/mol. The summed E-state index contributed by atoms with van der Waals surface area (Å²) in [5, 5.41) is 13.0. The number of piperazine rings is 2. The first-order valence-corrected chi connectivity index (χ1v) is 19.6. The van der Waals surface area contributed by atoms with Crippen LogP contribution in [0, 0.1) is 19.8 Å². The normalized spacial score (nSPS) is 24.0. The molecule has 1 saturated carbocycles. The lowest BCUT2D eigenvalue weighted by molar-refractivity contribution is -0.0553. The predicted molar refractivity (Wildman–Crippen MR) is 213 cm³/mol. The predicted octanol–water partition coefficient (Wildman–Crippen LogP) is 7.92. The molecule has 5 nitrogen and oxygen atoms in total. The van der Waals surface area contributed by atoms with Crippen LogP contribution in [0.3, 0.4) is 0 Å². The van der Waals surface area contributed by atoms with Crippen molar-refractivity contribution in [3.63, 3.8) is 0 Å². The Bertz CT molecular complexity index is 1670. The van der Waals surface area contributed by atoms with Gasteiger partial charge in [0.15, 0.2) is 0 Å². The van der Waals surface area contributed by atoms with Crippen LogP contribution in [-0.4, -0.2) is 110 Å². The lowest BCUT2D eigenvalue weighted by Gasteiger charge is -2.47. The number of nitrogens with zero attached hydrogens (tertiary/aromatic N) is 4. The Labute approximate surface area is 307 Å². The van der Waals surface area contributed by atoms with Gasteiger partial charge in [0.1, 0.15) is 0 Å². The maximum atomic E-state index is 13.0. The van der Waals surface area contributed by atoms with Crippen LogP contribution < -0.4 is 0 Å². The maximum Gasteiger partial charge on any atom is 0.0731 e. The van der Waals surface area contributed by atoms with Crippen molar-refractivity contribution in [1.29, 1.82) is 0 Å². The molecule has 0 spiro atoms. The van der Waals surface area contributed by atoms with Crippen LogP contribution >= 0.6 is 0 Å². The van der Waals surface area contributed by atoms with E-state index in [1.54, 1.807) is 0 Å². The van der Waals surface area contributed by atoms with E-state index in [4.69, 9.17) is 0 Å². The minimum absolute atomic E-state index is 0.0731. The van der Waals surface area contributed by atoms with Crippen molar-refractivity contribution in [2.45, 2.75) is 57.0 Å². The van der Waals surface area contributed by atoms with E-state index in [1.165, 1.54) is 50.9 Å². The molecule has 3 fully saturated rings. The van der Waals surface area contributed by atoms with E-state index in [0.717, 1.165) is 84.7 Å². The van der Waals surface area contributed by atoms with E-state index in [0.29, 0.717) is 11.8 Å². The number of rotatable bonds is 10. The fourth-order valence-electron chi connectivity index (χ4n) is 9.02. The zero-order valence-electron chi connectivity index (χ0n) is 31.6. The molecule has 1 N–H and O–H groups in total. The SMILES string of the molecule is Cc1ccc(-c2ccc(C(CN3CCN(C)CC3)C3CCCC(O)(C(CN4CCN(C)CC4)c4ccc(-c5ccc(C)cc5)cc4)C3)cc2)cc1. The number of aliphatic hydroxyl groups is 1. The number of likely N-dealkylation sites (N-methyl/N-ethyl adjacent to an activating group) is 2. The quantitative estimate of drug-likeness (QED) is 0.184. The highest BCUT2D eigenvalue weighted by molar-refractivity contribution is 5.65. The largest absolute Gasteiger partial charge is 0.389 e. The molecular formula is C46H60N4O.